The van der Waals surface area contributed by atoms with E-state index in [1.165, 1.54) is 6.07 Å². The number of rotatable bonds is 4. The Hall–Kier alpha value is -2.69. The summed E-state index contributed by atoms with van der Waals surface area (Å²) in [6.07, 6.45) is 0.603. The van der Waals surface area contributed by atoms with Crippen LogP contribution in [0.4, 0.5) is 10.1 Å². The van der Waals surface area contributed by atoms with Crippen LogP contribution in [0.5, 0.6) is 0 Å². The van der Waals surface area contributed by atoms with Crippen LogP contribution < -0.4 is 11.1 Å². The number of hydrogen-bond donors (Lipinski definition) is 2. The van der Waals surface area contributed by atoms with Gasteiger partial charge in [-0.25, -0.2) is 4.39 Å². The van der Waals surface area contributed by atoms with Crippen molar-refractivity contribution < 1.29 is 14.0 Å². The molecule has 3 N–H and O–H groups in total. The number of nitrogens with one attached hydrogen (secondary N) is 1. The fraction of sp³-hybridized carbons (Fsp3) is 0.176. The van der Waals surface area contributed by atoms with E-state index in [2.05, 4.69) is 5.32 Å². The molecule has 0 radical (unpaired) electrons. The standard InChI is InChI=1S/C17H15FN2O2/c18-14-7-3-1-5-10(14)12-9-13(12)17(22)20-15-8-4-2-6-11(15)16(19)21/h1-8,12-13H,9H2,(H2,19,21)(H,20,22). The van der Waals surface area contributed by atoms with Crippen LogP contribution in [0.1, 0.15) is 28.3 Å². The second-order valence-electron chi connectivity index (χ2n) is 5.37. The lowest BCUT2D eigenvalue weighted by atomic mass is 10.1. The van der Waals surface area contributed by atoms with Crippen molar-refractivity contribution in [3.05, 3.63) is 65.5 Å². The number of nitrogens with two attached hydrogens (primary N) is 1. The Balaban J connectivity index is 1.73. The monoisotopic (exact) mass is 298 g/mol. The van der Waals surface area contributed by atoms with Crippen molar-refractivity contribution in [3.63, 3.8) is 0 Å². The summed E-state index contributed by atoms with van der Waals surface area (Å²) in [5.41, 5.74) is 6.49. The maximum absolute atomic E-state index is 13.7. The number of halogens is 1. The summed E-state index contributed by atoms with van der Waals surface area (Å²) in [5.74, 6) is -1.50. The van der Waals surface area contributed by atoms with Crippen LogP contribution in [-0.4, -0.2) is 11.8 Å². The SMILES string of the molecule is NC(=O)c1ccccc1NC(=O)C1CC1c1ccccc1F. The van der Waals surface area contributed by atoms with Gasteiger partial charge in [0.05, 0.1) is 11.3 Å². The predicted octanol–water partition coefficient (Wildman–Crippen LogP) is 2.67. The highest BCUT2D eigenvalue weighted by Crippen LogP contribution is 2.48. The first kappa shape index (κ1) is 14.3. The number of anilines is 1. The summed E-state index contributed by atoms with van der Waals surface area (Å²) in [5, 5.41) is 2.71. The lowest BCUT2D eigenvalue weighted by Gasteiger charge is -2.08. The van der Waals surface area contributed by atoms with Crippen LogP contribution in [0.15, 0.2) is 48.5 Å². The van der Waals surface area contributed by atoms with Crippen molar-refractivity contribution in [2.24, 2.45) is 11.7 Å². The molecule has 22 heavy (non-hydrogen) atoms. The zero-order chi connectivity index (χ0) is 15.7. The van der Waals surface area contributed by atoms with Gasteiger partial charge in [0.1, 0.15) is 5.82 Å². The third kappa shape index (κ3) is 2.70. The summed E-state index contributed by atoms with van der Waals surface area (Å²) in [6, 6.07) is 13.0. The van der Waals surface area contributed by atoms with E-state index in [0.717, 1.165) is 0 Å². The largest absolute Gasteiger partial charge is 0.366 e. The van der Waals surface area contributed by atoms with Gasteiger partial charge < -0.3 is 11.1 Å². The third-order valence-electron chi connectivity index (χ3n) is 3.88. The molecule has 2 aromatic carbocycles. The molecule has 0 saturated heterocycles. The van der Waals surface area contributed by atoms with Crippen molar-refractivity contribution in [1.82, 2.24) is 0 Å². The molecule has 0 bridgehead atoms. The average molecular weight is 298 g/mol. The Morgan fingerprint density at radius 3 is 2.50 bits per heavy atom. The van der Waals surface area contributed by atoms with E-state index in [4.69, 9.17) is 5.73 Å². The van der Waals surface area contributed by atoms with E-state index in [1.807, 2.05) is 0 Å². The molecule has 5 heteroatoms. The van der Waals surface area contributed by atoms with Gasteiger partial charge >= 0.3 is 0 Å². The number of para-hydroxylation sites is 1. The molecule has 2 amide bonds. The van der Waals surface area contributed by atoms with E-state index in [1.54, 1.807) is 42.5 Å². The first-order valence-corrected chi connectivity index (χ1v) is 7.02. The minimum absolute atomic E-state index is 0.109. The summed E-state index contributed by atoms with van der Waals surface area (Å²) in [7, 11) is 0. The Labute approximate surface area is 127 Å². The van der Waals surface area contributed by atoms with E-state index in [0.29, 0.717) is 17.7 Å². The van der Waals surface area contributed by atoms with Crippen molar-refractivity contribution in [3.8, 4) is 0 Å². The van der Waals surface area contributed by atoms with E-state index in [-0.39, 0.29) is 29.1 Å². The molecule has 112 valence electrons. The van der Waals surface area contributed by atoms with Crippen LogP contribution in [0.25, 0.3) is 0 Å². The molecule has 2 aromatic rings. The van der Waals surface area contributed by atoms with Gasteiger partial charge in [-0.2, -0.15) is 0 Å². The lowest BCUT2D eigenvalue weighted by molar-refractivity contribution is -0.117. The molecule has 1 saturated carbocycles. The smallest absolute Gasteiger partial charge is 0.250 e. The molecular weight excluding hydrogens is 283 g/mol. The average Bonchev–Trinajstić information content (AvgIpc) is 3.28. The molecule has 0 aliphatic heterocycles. The fourth-order valence-corrected chi connectivity index (χ4v) is 2.64. The zero-order valence-corrected chi connectivity index (χ0v) is 11.8. The Morgan fingerprint density at radius 2 is 1.77 bits per heavy atom. The van der Waals surface area contributed by atoms with Crippen LogP contribution >= 0.6 is 0 Å². The molecule has 1 aliphatic rings. The summed E-state index contributed by atoms with van der Waals surface area (Å²) in [6.45, 7) is 0. The third-order valence-corrected chi connectivity index (χ3v) is 3.88. The minimum Gasteiger partial charge on any atom is -0.366 e. The Morgan fingerprint density at radius 1 is 1.09 bits per heavy atom. The molecule has 1 aliphatic carbocycles. The van der Waals surface area contributed by atoms with Crippen LogP contribution in [-0.2, 0) is 4.79 Å². The van der Waals surface area contributed by atoms with Crippen LogP contribution in [0, 0.1) is 11.7 Å². The number of primary amides is 1. The van der Waals surface area contributed by atoms with Gasteiger partial charge in [0.2, 0.25) is 5.91 Å². The maximum atomic E-state index is 13.7. The minimum atomic E-state index is -0.600. The first-order chi connectivity index (χ1) is 10.6. The Kier molecular flexibility index (Phi) is 3.63. The summed E-state index contributed by atoms with van der Waals surface area (Å²) < 4.78 is 13.7. The van der Waals surface area contributed by atoms with Gasteiger partial charge in [0.25, 0.3) is 5.91 Å². The predicted molar refractivity (Wildman–Crippen MR) is 80.8 cm³/mol. The quantitative estimate of drug-likeness (QED) is 0.911. The zero-order valence-electron chi connectivity index (χ0n) is 11.8. The lowest BCUT2D eigenvalue weighted by Crippen LogP contribution is -2.19. The second kappa shape index (κ2) is 5.60. The molecular formula is C17H15FN2O2. The van der Waals surface area contributed by atoms with Gasteiger partial charge in [-0.15, -0.1) is 0 Å². The number of hydrogen-bond acceptors (Lipinski definition) is 2. The molecule has 0 aromatic heterocycles. The highest BCUT2D eigenvalue weighted by Gasteiger charge is 2.45. The van der Waals surface area contributed by atoms with Gasteiger partial charge in [-0.05, 0) is 36.1 Å². The van der Waals surface area contributed by atoms with Gasteiger partial charge in [-0.1, -0.05) is 30.3 Å². The molecule has 2 unspecified atom stereocenters. The molecule has 3 rings (SSSR count). The highest BCUT2D eigenvalue weighted by molar-refractivity contribution is 6.04. The van der Waals surface area contributed by atoms with E-state index in [9.17, 15) is 14.0 Å². The number of amides is 2. The maximum Gasteiger partial charge on any atom is 0.250 e. The number of benzene rings is 2. The van der Waals surface area contributed by atoms with Crippen molar-refractivity contribution in [2.45, 2.75) is 12.3 Å². The van der Waals surface area contributed by atoms with Gasteiger partial charge in [0, 0.05) is 5.92 Å². The fourth-order valence-electron chi connectivity index (χ4n) is 2.64. The molecule has 0 heterocycles. The first-order valence-electron chi connectivity index (χ1n) is 7.02. The highest BCUT2D eigenvalue weighted by atomic mass is 19.1. The number of carbonyl (C=O) groups excluding carboxylic acids is 2. The van der Waals surface area contributed by atoms with E-state index < -0.39 is 5.91 Å². The van der Waals surface area contributed by atoms with Crippen LogP contribution in [0.2, 0.25) is 0 Å². The van der Waals surface area contributed by atoms with Crippen LogP contribution in [0.3, 0.4) is 0 Å². The molecule has 0 spiro atoms. The van der Waals surface area contributed by atoms with Gasteiger partial charge in [-0.3, -0.25) is 9.59 Å². The molecule has 1 fully saturated rings. The van der Waals surface area contributed by atoms with Crippen molar-refractivity contribution >= 4 is 17.5 Å². The normalized spacial score (nSPS) is 19.5. The second-order valence-corrected chi connectivity index (χ2v) is 5.37. The topological polar surface area (TPSA) is 72.2 Å². The molecule has 2 atom stereocenters. The summed E-state index contributed by atoms with van der Waals surface area (Å²) in [4.78, 5) is 23.6. The van der Waals surface area contributed by atoms with Gasteiger partial charge in [0.15, 0.2) is 0 Å². The molecule has 4 nitrogen and oxygen atoms in total. The summed E-state index contributed by atoms with van der Waals surface area (Å²) >= 11 is 0. The van der Waals surface area contributed by atoms with Crippen molar-refractivity contribution in [1.29, 1.82) is 0 Å². The Bertz CT molecular complexity index is 745. The number of carbonyl (C=O) groups is 2. The van der Waals surface area contributed by atoms with Crippen molar-refractivity contribution in [2.75, 3.05) is 5.32 Å². The van der Waals surface area contributed by atoms with E-state index >= 15 is 0 Å².